The minimum atomic E-state index is -3.66. The van der Waals surface area contributed by atoms with Crippen LogP contribution >= 0.6 is 0 Å². The first kappa shape index (κ1) is 17.2. The highest BCUT2D eigenvalue weighted by Gasteiger charge is 2.26. The number of ether oxygens (including phenoxy) is 2. The smallest absolute Gasteiger partial charge is 0.314 e. The minimum absolute atomic E-state index is 0.0312. The molecule has 0 aliphatic carbocycles. The summed E-state index contributed by atoms with van der Waals surface area (Å²) >= 11 is 0. The van der Waals surface area contributed by atoms with E-state index in [4.69, 9.17) is 14.6 Å². The maximum absolute atomic E-state index is 11.1. The Morgan fingerprint density at radius 1 is 1.38 bits per heavy atom. The summed E-state index contributed by atoms with van der Waals surface area (Å²) in [6, 6.07) is 4.17. The van der Waals surface area contributed by atoms with Crippen LogP contribution in [0, 0.1) is 15.5 Å². The fourth-order valence-electron chi connectivity index (χ4n) is 1.75. The minimum Gasteiger partial charge on any atom is -0.496 e. The summed E-state index contributed by atoms with van der Waals surface area (Å²) in [5.74, 6) is 0.0883. The summed E-state index contributed by atoms with van der Waals surface area (Å²) in [6.07, 6.45) is 0. The van der Waals surface area contributed by atoms with Gasteiger partial charge in [-0.25, -0.2) is 13.6 Å². The van der Waals surface area contributed by atoms with Crippen LogP contribution in [0.15, 0.2) is 18.2 Å². The van der Waals surface area contributed by atoms with Gasteiger partial charge in [-0.2, -0.15) is 0 Å². The van der Waals surface area contributed by atoms with E-state index < -0.39 is 20.4 Å². The number of sulfonamides is 1. The molecule has 9 heteroatoms. The van der Waals surface area contributed by atoms with Gasteiger partial charge in [-0.3, -0.25) is 10.1 Å². The first-order valence-electron chi connectivity index (χ1n) is 6.00. The standard InChI is InChI=1S/C12H18N2O6S/c1-12(2,8-21(13,17)18)7-20-11-5-4-9(19-3)6-10(11)14(15)16/h4-6H,7-8H2,1-3H3,(H2,13,17,18). The Labute approximate surface area is 123 Å². The van der Waals surface area contributed by atoms with Crippen molar-refractivity contribution in [2.75, 3.05) is 19.5 Å². The SMILES string of the molecule is COc1ccc(OCC(C)(C)CS(N)(=O)=O)c([N+](=O)[O-])c1. The van der Waals surface area contributed by atoms with E-state index >= 15 is 0 Å². The fourth-order valence-corrected chi connectivity index (χ4v) is 2.92. The number of hydrogen-bond acceptors (Lipinski definition) is 6. The predicted molar refractivity (Wildman–Crippen MR) is 76.9 cm³/mol. The van der Waals surface area contributed by atoms with Crippen LogP contribution in [-0.2, 0) is 10.0 Å². The number of nitrogens with zero attached hydrogens (tertiary/aromatic N) is 1. The van der Waals surface area contributed by atoms with Gasteiger partial charge in [-0.1, -0.05) is 13.8 Å². The van der Waals surface area contributed by atoms with Crippen molar-refractivity contribution >= 4 is 15.7 Å². The topological polar surface area (TPSA) is 122 Å². The predicted octanol–water partition coefficient (Wildman–Crippen LogP) is 1.30. The lowest BCUT2D eigenvalue weighted by Crippen LogP contribution is -2.33. The number of nitrogens with two attached hydrogens (primary N) is 1. The van der Waals surface area contributed by atoms with Gasteiger partial charge in [-0.15, -0.1) is 0 Å². The second-order valence-electron chi connectivity index (χ2n) is 5.35. The average Bonchev–Trinajstić information content (AvgIpc) is 2.33. The van der Waals surface area contributed by atoms with Crippen molar-refractivity contribution in [3.63, 3.8) is 0 Å². The molecule has 1 rings (SSSR count). The molecule has 118 valence electrons. The molecule has 0 radical (unpaired) electrons. The van der Waals surface area contributed by atoms with Gasteiger partial charge in [0.05, 0.1) is 30.5 Å². The molecule has 8 nitrogen and oxygen atoms in total. The Morgan fingerprint density at radius 3 is 2.48 bits per heavy atom. The molecule has 0 unspecified atom stereocenters. The van der Waals surface area contributed by atoms with E-state index in [2.05, 4.69) is 0 Å². The number of primary sulfonamides is 1. The number of hydrogen-bond donors (Lipinski definition) is 1. The van der Waals surface area contributed by atoms with Crippen LogP contribution in [0.3, 0.4) is 0 Å². The van der Waals surface area contributed by atoms with Crippen molar-refractivity contribution in [1.29, 1.82) is 0 Å². The molecular formula is C12H18N2O6S. The lowest BCUT2D eigenvalue weighted by molar-refractivity contribution is -0.386. The van der Waals surface area contributed by atoms with Gasteiger partial charge in [0.2, 0.25) is 10.0 Å². The number of nitro groups is 1. The molecule has 0 bridgehead atoms. The lowest BCUT2D eigenvalue weighted by atomic mass is 9.98. The van der Waals surface area contributed by atoms with Gasteiger partial charge >= 0.3 is 5.69 Å². The van der Waals surface area contributed by atoms with Gasteiger partial charge in [0.15, 0.2) is 5.75 Å². The largest absolute Gasteiger partial charge is 0.496 e. The van der Waals surface area contributed by atoms with E-state index in [1.807, 2.05) is 0 Å². The zero-order chi connectivity index (χ0) is 16.3. The van der Waals surface area contributed by atoms with Crippen LogP contribution in [0.1, 0.15) is 13.8 Å². The lowest BCUT2D eigenvalue weighted by Gasteiger charge is -2.23. The molecule has 0 aliphatic rings. The third-order valence-electron chi connectivity index (χ3n) is 2.57. The Morgan fingerprint density at radius 2 is 2.00 bits per heavy atom. The van der Waals surface area contributed by atoms with Crippen molar-refractivity contribution in [1.82, 2.24) is 0 Å². The number of nitro benzene ring substituents is 1. The zero-order valence-corrected chi connectivity index (χ0v) is 12.8. The summed E-state index contributed by atoms with van der Waals surface area (Å²) < 4.78 is 32.5. The van der Waals surface area contributed by atoms with Crippen molar-refractivity contribution in [3.05, 3.63) is 28.3 Å². The van der Waals surface area contributed by atoms with E-state index in [1.165, 1.54) is 25.3 Å². The van der Waals surface area contributed by atoms with Crippen molar-refractivity contribution in [3.8, 4) is 11.5 Å². The Kier molecular flexibility index (Phi) is 5.13. The summed E-state index contributed by atoms with van der Waals surface area (Å²) in [4.78, 5) is 10.4. The van der Waals surface area contributed by atoms with Gasteiger partial charge < -0.3 is 9.47 Å². The molecule has 0 saturated carbocycles. The van der Waals surface area contributed by atoms with Crippen LogP contribution in [-0.4, -0.2) is 32.8 Å². The van der Waals surface area contributed by atoms with Crippen LogP contribution < -0.4 is 14.6 Å². The molecule has 1 aromatic carbocycles. The van der Waals surface area contributed by atoms with Gasteiger partial charge in [-0.05, 0) is 12.1 Å². The first-order chi connectivity index (χ1) is 9.54. The number of rotatable bonds is 7. The quantitative estimate of drug-likeness (QED) is 0.597. The second kappa shape index (κ2) is 6.27. The Balaban J connectivity index is 2.91. The first-order valence-corrected chi connectivity index (χ1v) is 7.71. The molecule has 0 aliphatic heterocycles. The summed E-state index contributed by atoms with van der Waals surface area (Å²) in [6.45, 7) is 3.26. The van der Waals surface area contributed by atoms with E-state index in [0.717, 1.165) is 0 Å². The molecule has 0 amide bonds. The number of methoxy groups -OCH3 is 1. The van der Waals surface area contributed by atoms with E-state index in [1.54, 1.807) is 13.8 Å². The maximum atomic E-state index is 11.1. The van der Waals surface area contributed by atoms with Crippen LogP contribution in [0.25, 0.3) is 0 Å². The van der Waals surface area contributed by atoms with Crippen LogP contribution in [0.4, 0.5) is 5.69 Å². The fraction of sp³-hybridized carbons (Fsp3) is 0.500. The van der Waals surface area contributed by atoms with E-state index in [0.29, 0.717) is 5.75 Å². The highest BCUT2D eigenvalue weighted by molar-refractivity contribution is 7.89. The molecule has 0 fully saturated rings. The van der Waals surface area contributed by atoms with Crippen LogP contribution in [0.5, 0.6) is 11.5 Å². The zero-order valence-electron chi connectivity index (χ0n) is 12.0. The van der Waals surface area contributed by atoms with Gasteiger partial charge in [0, 0.05) is 5.41 Å². The van der Waals surface area contributed by atoms with Gasteiger partial charge in [0.1, 0.15) is 5.75 Å². The van der Waals surface area contributed by atoms with Crippen molar-refractivity contribution in [2.45, 2.75) is 13.8 Å². The average molecular weight is 318 g/mol. The van der Waals surface area contributed by atoms with Crippen molar-refractivity contribution < 1.29 is 22.8 Å². The normalized spacial score (nSPS) is 12.0. The number of benzene rings is 1. The Bertz CT molecular complexity index is 627. The van der Waals surface area contributed by atoms with Gasteiger partial charge in [0.25, 0.3) is 0 Å². The van der Waals surface area contributed by atoms with E-state index in [9.17, 15) is 18.5 Å². The molecule has 1 aromatic rings. The third kappa shape index (κ3) is 5.56. The summed E-state index contributed by atoms with van der Waals surface area (Å²) in [7, 11) is -2.26. The summed E-state index contributed by atoms with van der Waals surface area (Å²) in [5.41, 5.74) is -1.03. The highest BCUT2D eigenvalue weighted by atomic mass is 32.2. The molecule has 0 spiro atoms. The molecule has 21 heavy (non-hydrogen) atoms. The summed E-state index contributed by atoms with van der Waals surface area (Å²) in [5, 5.41) is 16.0. The molecule has 2 N–H and O–H groups in total. The van der Waals surface area contributed by atoms with Crippen molar-refractivity contribution in [2.24, 2.45) is 10.6 Å². The highest BCUT2D eigenvalue weighted by Crippen LogP contribution is 2.32. The molecule has 0 atom stereocenters. The van der Waals surface area contributed by atoms with E-state index in [-0.39, 0.29) is 23.8 Å². The molecular weight excluding hydrogens is 300 g/mol. The second-order valence-corrected chi connectivity index (χ2v) is 6.97. The third-order valence-corrected chi connectivity index (χ3v) is 3.76. The Hall–Kier alpha value is -1.87. The molecule has 0 saturated heterocycles. The molecule has 0 heterocycles. The van der Waals surface area contributed by atoms with Crippen LogP contribution in [0.2, 0.25) is 0 Å². The molecule has 0 aromatic heterocycles. The monoisotopic (exact) mass is 318 g/mol. The maximum Gasteiger partial charge on any atom is 0.314 e.